The van der Waals surface area contributed by atoms with Gasteiger partial charge in [-0.2, -0.15) is 0 Å². The van der Waals surface area contributed by atoms with Gasteiger partial charge in [0.25, 0.3) is 5.91 Å². The van der Waals surface area contributed by atoms with Crippen molar-refractivity contribution in [2.75, 3.05) is 12.4 Å². The normalized spacial score (nSPS) is 10.5. The van der Waals surface area contributed by atoms with E-state index >= 15 is 0 Å². The number of para-hydroxylation sites is 1. The Kier molecular flexibility index (Phi) is 3.85. The monoisotopic (exact) mass is 308 g/mol. The minimum Gasteiger partial charge on any atom is -0.465 e. The molecule has 0 unspecified atom stereocenters. The Morgan fingerprint density at radius 1 is 1.09 bits per heavy atom. The number of H-pyrrole nitrogens is 1. The standard InChI is InChI=1S/C18H16N2O3/c1-11-16(17(21)20-13-6-4-3-5-7-13)14-10-12(18(22)23-2)8-9-15(14)19-11/h3-10,19H,1-2H3,(H,20,21). The molecule has 23 heavy (non-hydrogen) atoms. The van der Waals surface area contributed by atoms with E-state index in [1.807, 2.05) is 37.3 Å². The number of ether oxygens (including phenoxy) is 1. The van der Waals surface area contributed by atoms with Crippen LogP contribution in [0.5, 0.6) is 0 Å². The highest BCUT2D eigenvalue weighted by Crippen LogP contribution is 2.25. The maximum absolute atomic E-state index is 12.6. The fourth-order valence-corrected chi connectivity index (χ4v) is 2.58. The number of hydrogen-bond acceptors (Lipinski definition) is 3. The number of anilines is 1. The minimum atomic E-state index is -0.430. The first kappa shape index (κ1) is 14.8. The molecule has 0 aliphatic rings. The molecule has 1 heterocycles. The fourth-order valence-electron chi connectivity index (χ4n) is 2.58. The number of aromatic amines is 1. The lowest BCUT2D eigenvalue weighted by Gasteiger charge is -2.06. The van der Waals surface area contributed by atoms with Crippen molar-refractivity contribution in [1.82, 2.24) is 4.98 Å². The van der Waals surface area contributed by atoms with E-state index in [0.29, 0.717) is 16.5 Å². The first-order valence-corrected chi connectivity index (χ1v) is 7.17. The van der Waals surface area contributed by atoms with Crippen LogP contribution in [0.1, 0.15) is 26.4 Å². The summed E-state index contributed by atoms with van der Waals surface area (Å²) in [4.78, 5) is 27.5. The van der Waals surface area contributed by atoms with Gasteiger partial charge in [-0.1, -0.05) is 18.2 Å². The van der Waals surface area contributed by atoms with Gasteiger partial charge in [0.1, 0.15) is 0 Å². The first-order valence-electron chi connectivity index (χ1n) is 7.17. The summed E-state index contributed by atoms with van der Waals surface area (Å²) in [6.45, 7) is 1.83. The third-order valence-corrected chi connectivity index (χ3v) is 3.67. The van der Waals surface area contributed by atoms with E-state index in [2.05, 4.69) is 10.3 Å². The van der Waals surface area contributed by atoms with E-state index in [1.54, 1.807) is 18.2 Å². The molecule has 5 nitrogen and oxygen atoms in total. The van der Waals surface area contributed by atoms with Crippen LogP contribution in [-0.4, -0.2) is 24.0 Å². The highest BCUT2D eigenvalue weighted by Gasteiger charge is 2.18. The number of carbonyl (C=O) groups excluding carboxylic acids is 2. The fraction of sp³-hybridized carbons (Fsp3) is 0.111. The summed E-state index contributed by atoms with van der Waals surface area (Å²) in [5.41, 5.74) is 3.20. The lowest BCUT2D eigenvalue weighted by atomic mass is 10.1. The number of amides is 1. The summed E-state index contributed by atoms with van der Waals surface area (Å²) in [6.07, 6.45) is 0. The smallest absolute Gasteiger partial charge is 0.337 e. The molecular weight excluding hydrogens is 292 g/mol. The summed E-state index contributed by atoms with van der Waals surface area (Å²) in [7, 11) is 1.33. The largest absolute Gasteiger partial charge is 0.465 e. The Morgan fingerprint density at radius 2 is 1.83 bits per heavy atom. The molecule has 3 rings (SSSR count). The molecule has 5 heteroatoms. The van der Waals surface area contributed by atoms with Gasteiger partial charge in [0.15, 0.2) is 0 Å². The van der Waals surface area contributed by atoms with Crippen molar-refractivity contribution < 1.29 is 14.3 Å². The highest BCUT2D eigenvalue weighted by atomic mass is 16.5. The Labute approximate surface area is 133 Å². The van der Waals surface area contributed by atoms with Gasteiger partial charge in [-0.25, -0.2) is 4.79 Å². The zero-order chi connectivity index (χ0) is 16.4. The number of esters is 1. The highest BCUT2D eigenvalue weighted by molar-refractivity contribution is 6.14. The zero-order valence-electron chi connectivity index (χ0n) is 12.8. The van der Waals surface area contributed by atoms with Gasteiger partial charge in [-0.05, 0) is 37.3 Å². The van der Waals surface area contributed by atoms with Gasteiger partial charge in [0.05, 0.1) is 18.2 Å². The Hall–Kier alpha value is -3.08. The second-order valence-corrected chi connectivity index (χ2v) is 5.20. The van der Waals surface area contributed by atoms with E-state index in [1.165, 1.54) is 7.11 Å². The van der Waals surface area contributed by atoms with Crippen molar-refractivity contribution >= 4 is 28.5 Å². The SMILES string of the molecule is COC(=O)c1ccc2[nH]c(C)c(C(=O)Nc3ccccc3)c2c1. The molecule has 116 valence electrons. The van der Waals surface area contributed by atoms with Crippen molar-refractivity contribution in [2.45, 2.75) is 6.92 Å². The number of nitrogens with one attached hydrogen (secondary N) is 2. The van der Waals surface area contributed by atoms with Gasteiger partial charge < -0.3 is 15.0 Å². The molecule has 0 saturated carbocycles. The Morgan fingerprint density at radius 3 is 2.52 bits per heavy atom. The molecule has 0 fully saturated rings. The maximum Gasteiger partial charge on any atom is 0.337 e. The summed E-state index contributed by atoms with van der Waals surface area (Å²) in [5, 5.41) is 3.56. The van der Waals surface area contributed by atoms with Gasteiger partial charge in [-0.15, -0.1) is 0 Å². The quantitative estimate of drug-likeness (QED) is 0.727. The van der Waals surface area contributed by atoms with E-state index in [4.69, 9.17) is 4.74 Å². The van der Waals surface area contributed by atoms with E-state index in [0.717, 1.165) is 16.9 Å². The lowest BCUT2D eigenvalue weighted by Crippen LogP contribution is -2.12. The summed E-state index contributed by atoms with van der Waals surface area (Å²) < 4.78 is 4.74. The number of benzene rings is 2. The molecule has 2 N–H and O–H groups in total. The number of carbonyl (C=O) groups is 2. The lowest BCUT2D eigenvalue weighted by molar-refractivity contribution is 0.0600. The van der Waals surface area contributed by atoms with Crippen molar-refractivity contribution in [3.05, 3.63) is 65.4 Å². The second kappa shape index (κ2) is 5.96. The molecule has 0 aliphatic heterocycles. The molecule has 1 aromatic heterocycles. The maximum atomic E-state index is 12.6. The van der Waals surface area contributed by atoms with E-state index in [-0.39, 0.29) is 5.91 Å². The van der Waals surface area contributed by atoms with Gasteiger partial charge >= 0.3 is 5.97 Å². The van der Waals surface area contributed by atoms with E-state index in [9.17, 15) is 9.59 Å². The van der Waals surface area contributed by atoms with Crippen LogP contribution >= 0.6 is 0 Å². The second-order valence-electron chi connectivity index (χ2n) is 5.20. The molecule has 0 atom stereocenters. The predicted octanol–water partition coefficient (Wildman–Crippen LogP) is 3.52. The number of hydrogen-bond donors (Lipinski definition) is 2. The summed E-state index contributed by atoms with van der Waals surface area (Å²) in [6, 6.07) is 14.3. The molecule has 1 amide bonds. The van der Waals surface area contributed by atoms with Crippen molar-refractivity contribution in [1.29, 1.82) is 0 Å². The Balaban J connectivity index is 2.03. The number of methoxy groups -OCH3 is 1. The molecule has 0 saturated heterocycles. The molecule has 3 aromatic rings. The minimum absolute atomic E-state index is 0.220. The van der Waals surface area contributed by atoms with Gasteiger partial charge in [-0.3, -0.25) is 4.79 Å². The molecule has 0 spiro atoms. The van der Waals surface area contributed by atoms with Crippen LogP contribution in [0.4, 0.5) is 5.69 Å². The number of rotatable bonds is 3. The van der Waals surface area contributed by atoms with Crippen LogP contribution in [0.15, 0.2) is 48.5 Å². The number of aryl methyl sites for hydroxylation is 1. The van der Waals surface area contributed by atoms with Crippen molar-refractivity contribution in [3.63, 3.8) is 0 Å². The van der Waals surface area contributed by atoms with Crippen LogP contribution < -0.4 is 5.32 Å². The van der Waals surface area contributed by atoms with Crippen LogP contribution in [0.3, 0.4) is 0 Å². The van der Waals surface area contributed by atoms with Crippen molar-refractivity contribution in [3.8, 4) is 0 Å². The first-order chi connectivity index (χ1) is 11.1. The van der Waals surface area contributed by atoms with E-state index < -0.39 is 5.97 Å². The van der Waals surface area contributed by atoms with Crippen LogP contribution in [-0.2, 0) is 4.74 Å². The Bertz CT molecular complexity index is 882. The van der Waals surface area contributed by atoms with Crippen LogP contribution in [0, 0.1) is 6.92 Å². The molecule has 0 radical (unpaired) electrons. The molecule has 0 aliphatic carbocycles. The third kappa shape index (κ3) is 2.81. The van der Waals surface area contributed by atoms with Gasteiger partial charge in [0, 0.05) is 22.3 Å². The number of fused-ring (bicyclic) bond motifs is 1. The zero-order valence-corrected chi connectivity index (χ0v) is 12.8. The number of aromatic nitrogens is 1. The summed E-state index contributed by atoms with van der Waals surface area (Å²) in [5.74, 6) is -0.651. The summed E-state index contributed by atoms with van der Waals surface area (Å²) >= 11 is 0. The van der Waals surface area contributed by atoms with Crippen LogP contribution in [0.25, 0.3) is 10.9 Å². The topological polar surface area (TPSA) is 71.2 Å². The molecular formula is C18H16N2O3. The molecule has 0 bridgehead atoms. The average molecular weight is 308 g/mol. The molecule has 2 aromatic carbocycles. The van der Waals surface area contributed by atoms with Crippen molar-refractivity contribution in [2.24, 2.45) is 0 Å². The predicted molar refractivity (Wildman–Crippen MR) is 88.8 cm³/mol. The van der Waals surface area contributed by atoms with Crippen LogP contribution in [0.2, 0.25) is 0 Å². The van der Waals surface area contributed by atoms with Gasteiger partial charge in [0.2, 0.25) is 0 Å². The average Bonchev–Trinajstić information content (AvgIpc) is 2.89. The third-order valence-electron chi connectivity index (χ3n) is 3.67.